The number of rotatable bonds is 4. The van der Waals surface area contributed by atoms with Gasteiger partial charge in [-0.05, 0) is 43.2 Å². The van der Waals surface area contributed by atoms with E-state index in [2.05, 4.69) is 0 Å². The average molecular weight is 379 g/mol. The van der Waals surface area contributed by atoms with Gasteiger partial charge in [0.1, 0.15) is 6.54 Å². The minimum atomic E-state index is -3.63. The van der Waals surface area contributed by atoms with Crippen molar-refractivity contribution in [3.63, 3.8) is 0 Å². The first-order valence-corrected chi connectivity index (χ1v) is 10.1. The first kappa shape index (κ1) is 17.8. The number of halogens is 1. The molecule has 0 aromatic heterocycles. The van der Waals surface area contributed by atoms with Crippen LogP contribution in [-0.4, -0.2) is 33.2 Å². The number of fused-ring (bicyclic) bond motifs is 1. The summed E-state index contributed by atoms with van der Waals surface area (Å²) in [4.78, 5) is 14.6. The summed E-state index contributed by atoms with van der Waals surface area (Å²) in [5.41, 5.74) is 2.32. The molecule has 1 aliphatic rings. The summed E-state index contributed by atoms with van der Waals surface area (Å²) >= 11 is 5.98. The van der Waals surface area contributed by atoms with E-state index in [-0.39, 0.29) is 18.5 Å². The van der Waals surface area contributed by atoms with Gasteiger partial charge in [-0.1, -0.05) is 35.9 Å². The van der Waals surface area contributed by atoms with Crippen LogP contribution in [-0.2, 0) is 21.2 Å². The molecule has 0 saturated heterocycles. The number of hydrogen-bond acceptors (Lipinski definition) is 3. The Hall–Kier alpha value is -2.05. The third-order valence-corrected chi connectivity index (χ3v) is 5.63. The Kier molecular flexibility index (Phi) is 4.75. The Morgan fingerprint density at radius 3 is 2.64 bits per heavy atom. The molecule has 5 nitrogen and oxygen atoms in total. The zero-order chi connectivity index (χ0) is 18.2. The maximum atomic E-state index is 12.9. The topological polar surface area (TPSA) is 57.7 Å². The molecule has 0 aliphatic carbocycles. The first-order chi connectivity index (χ1) is 11.8. The second kappa shape index (κ2) is 6.69. The normalized spacial score (nSPS) is 16.6. The van der Waals surface area contributed by atoms with E-state index in [4.69, 9.17) is 11.6 Å². The summed E-state index contributed by atoms with van der Waals surface area (Å²) in [5, 5.41) is 0.415. The minimum Gasteiger partial charge on any atom is -0.307 e. The fraction of sp³-hybridized carbons (Fsp3) is 0.278. The molecule has 3 rings (SSSR count). The first-order valence-electron chi connectivity index (χ1n) is 7.90. The molecule has 0 radical (unpaired) electrons. The lowest BCUT2D eigenvalue weighted by Gasteiger charge is -2.28. The van der Waals surface area contributed by atoms with Gasteiger partial charge >= 0.3 is 0 Å². The van der Waals surface area contributed by atoms with Gasteiger partial charge in [-0.2, -0.15) is 0 Å². The Bertz CT molecular complexity index is 914. The Balaban J connectivity index is 1.92. The Morgan fingerprint density at radius 2 is 1.96 bits per heavy atom. The molecule has 1 aliphatic heterocycles. The second-order valence-electron chi connectivity index (χ2n) is 6.20. The number of nitrogens with zero attached hydrogens (tertiary/aromatic N) is 2. The van der Waals surface area contributed by atoms with E-state index in [1.54, 1.807) is 23.1 Å². The summed E-state index contributed by atoms with van der Waals surface area (Å²) in [5.74, 6) is -0.261. The molecule has 1 heterocycles. The number of carbonyl (C=O) groups excluding carboxylic acids is 1. The van der Waals surface area contributed by atoms with Crippen LogP contribution in [0.2, 0.25) is 5.02 Å². The molecule has 25 heavy (non-hydrogen) atoms. The van der Waals surface area contributed by atoms with Crippen LogP contribution in [0.15, 0.2) is 48.5 Å². The molecule has 0 saturated carbocycles. The van der Waals surface area contributed by atoms with Gasteiger partial charge in [-0.3, -0.25) is 9.10 Å². The summed E-state index contributed by atoms with van der Waals surface area (Å²) in [6, 6.07) is 14.2. The third kappa shape index (κ3) is 3.65. The molecule has 0 bridgehead atoms. The van der Waals surface area contributed by atoms with E-state index in [0.717, 1.165) is 28.2 Å². The van der Waals surface area contributed by atoms with Gasteiger partial charge in [0.15, 0.2) is 0 Å². The molecule has 0 fully saturated rings. The van der Waals surface area contributed by atoms with Crippen LogP contribution < -0.4 is 9.21 Å². The second-order valence-corrected chi connectivity index (χ2v) is 8.54. The summed E-state index contributed by atoms with van der Waals surface area (Å²) in [6.07, 6.45) is 1.85. The maximum absolute atomic E-state index is 12.9. The zero-order valence-electron chi connectivity index (χ0n) is 14.0. The standard InChI is InChI=1S/C18H19ClN2O3S/c1-13-10-14-6-3-4-9-17(14)21(13)18(22)12-20(25(2,23)24)16-8-5-7-15(19)11-16/h3-9,11,13H,10,12H2,1-2H3/t13-/m1/s1. The van der Waals surface area contributed by atoms with Gasteiger partial charge in [0.2, 0.25) is 15.9 Å². The number of hydrogen-bond donors (Lipinski definition) is 0. The number of para-hydroxylation sites is 1. The fourth-order valence-electron chi connectivity index (χ4n) is 3.18. The number of benzene rings is 2. The van der Waals surface area contributed by atoms with Crippen molar-refractivity contribution in [2.45, 2.75) is 19.4 Å². The lowest BCUT2D eigenvalue weighted by Crippen LogP contribution is -2.45. The molecule has 7 heteroatoms. The largest absolute Gasteiger partial charge is 0.307 e. The summed E-state index contributed by atoms with van der Waals surface area (Å²) in [7, 11) is -3.63. The maximum Gasteiger partial charge on any atom is 0.248 e. The highest BCUT2D eigenvalue weighted by atomic mass is 35.5. The average Bonchev–Trinajstić information content (AvgIpc) is 2.87. The van der Waals surface area contributed by atoms with Crippen LogP contribution in [0.1, 0.15) is 12.5 Å². The predicted octanol–water partition coefficient (Wildman–Crippen LogP) is 3.08. The van der Waals surface area contributed by atoms with Crippen molar-refractivity contribution < 1.29 is 13.2 Å². The summed E-state index contributed by atoms with van der Waals surface area (Å²) in [6.45, 7) is 1.69. The van der Waals surface area contributed by atoms with Crippen molar-refractivity contribution in [2.75, 3.05) is 22.0 Å². The van der Waals surface area contributed by atoms with Crippen LogP contribution in [0.5, 0.6) is 0 Å². The Labute approximate surface area is 152 Å². The molecule has 0 unspecified atom stereocenters. The SMILES string of the molecule is C[C@@H]1Cc2ccccc2N1C(=O)CN(c1cccc(Cl)c1)S(C)(=O)=O. The molecule has 0 N–H and O–H groups in total. The highest BCUT2D eigenvalue weighted by Gasteiger charge is 2.33. The molecule has 1 atom stereocenters. The van der Waals surface area contributed by atoms with Crippen LogP contribution >= 0.6 is 11.6 Å². The molecular formula is C18H19ClN2O3S. The van der Waals surface area contributed by atoms with Gasteiger partial charge in [0.25, 0.3) is 0 Å². The fourth-order valence-corrected chi connectivity index (χ4v) is 4.20. The predicted molar refractivity (Wildman–Crippen MR) is 101 cm³/mol. The van der Waals surface area contributed by atoms with E-state index in [0.29, 0.717) is 10.7 Å². The Morgan fingerprint density at radius 1 is 1.24 bits per heavy atom. The van der Waals surface area contributed by atoms with Crippen molar-refractivity contribution in [3.05, 3.63) is 59.1 Å². The zero-order valence-corrected chi connectivity index (χ0v) is 15.6. The molecule has 1 amide bonds. The minimum absolute atomic E-state index is 0.00864. The van der Waals surface area contributed by atoms with E-state index in [9.17, 15) is 13.2 Å². The number of anilines is 2. The smallest absolute Gasteiger partial charge is 0.248 e. The molecule has 0 spiro atoms. The molecular weight excluding hydrogens is 360 g/mol. The van der Waals surface area contributed by atoms with Crippen LogP contribution in [0.25, 0.3) is 0 Å². The number of amides is 1. The van der Waals surface area contributed by atoms with Crippen molar-refractivity contribution >= 4 is 38.9 Å². The number of sulfonamides is 1. The van der Waals surface area contributed by atoms with Gasteiger partial charge in [0, 0.05) is 16.8 Å². The quantitative estimate of drug-likeness (QED) is 0.821. The lowest BCUT2D eigenvalue weighted by atomic mass is 10.1. The highest BCUT2D eigenvalue weighted by Crippen LogP contribution is 2.32. The van der Waals surface area contributed by atoms with Gasteiger partial charge < -0.3 is 4.90 Å². The van der Waals surface area contributed by atoms with Crippen LogP contribution in [0.3, 0.4) is 0 Å². The van der Waals surface area contributed by atoms with Crippen molar-refractivity contribution in [1.29, 1.82) is 0 Å². The molecule has 132 valence electrons. The van der Waals surface area contributed by atoms with Crippen LogP contribution in [0, 0.1) is 0 Å². The van der Waals surface area contributed by atoms with Crippen LogP contribution in [0.4, 0.5) is 11.4 Å². The molecule has 2 aromatic rings. The van der Waals surface area contributed by atoms with E-state index in [1.165, 1.54) is 6.07 Å². The van der Waals surface area contributed by atoms with E-state index >= 15 is 0 Å². The highest BCUT2D eigenvalue weighted by molar-refractivity contribution is 7.92. The van der Waals surface area contributed by atoms with Crippen molar-refractivity contribution in [3.8, 4) is 0 Å². The van der Waals surface area contributed by atoms with Crippen molar-refractivity contribution in [2.24, 2.45) is 0 Å². The van der Waals surface area contributed by atoms with E-state index in [1.807, 2.05) is 31.2 Å². The third-order valence-electron chi connectivity index (χ3n) is 4.25. The van der Waals surface area contributed by atoms with Gasteiger partial charge in [0.05, 0.1) is 11.9 Å². The summed E-state index contributed by atoms with van der Waals surface area (Å²) < 4.78 is 25.6. The number of carbonyl (C=O) groups is 1. The lowest BCUT2D eigenvalue weighted by molar-refractivity contribution is -0.117. The van der Waals surface area contributed by atoms with Gasteiger partial charge in [-0.25, -0.2) is 8.42 Å². The van der Waals surface area contributed by atoms with Gasteiger partial charge in [-0.15, -0.1) is 0 Å². The van der Waals surface area contributed by atoms with Crippen molar-refractivity contribution in [1.82, 2.24) is 0 Å². The molecule has 2 aromatic carbocycles. The van der Waals surface area contributed by atoms with E-state index < -0.39 is 10.0 Å². The monoisotopic (exact) mass is 378 g/mol.